The Morgan fingerprint density at radius 1 is 0.441 bits per heavy atom. The van der Waals surface area contributed by atoms with Crippen molar-refractivity contribution in [3.63, 3.8) is 0 Å². The van der Waals surface area contributed by atoms with E-state index >= 15 is 0 Å². The molecular formula is C53H47BrOS4. The largest absolute Gasteiger partial charge is 0.297 e. The first-order valence-electron chi connectivity index (χ1n) is 20.8. The number of halogens is 1. The number of aldehydes is 1. The van der Waals surface area contributed by atoms with Crippen LogP contribution in [0, 0.1) is 0 Å². The summed E-state index contributed by atoms with van der Waals surface area (Å²) in [4.78, 5) is 18.7. The van der Waals surface area contributed by atoms with Gasteiger partial charge in [0.15, 0.2) is 6.29 Å². The highest BCUT2D eigenvalue weighted by atomic mass is 79.9. The van der Waals surface area contributed by atoms with Crippen LogP contribution >= 0.6 is 61.3 Å². The van der Waals surface area contributed by atoms with Gasteiger partial charge < -0.3 is 0 Å². The van der Waals surface area contributed by atoms with E-state index in [0.29, 0.717) is 23.7 Å². The second kappa shape index (κ2) is 14.3. The Hall–Kier alpha value is -3.91. The van der Waals surface area contributed by atoms with Crippen LogP contribution in [0.1, 0.15) is 155 Å². The number of thiophene rings is 4. The quantitative estimate of drug-likeness (QED) is 0.132. The molecule has 0 bridgehead atoms. The Morgan fingerprint density at radius 3 is 1.08 bits per heavy atom. The maximum Gasteiger partial charge on any atom is 0.160 e. The van der Waals surface area contributed by atoms with Gasteiger partial charge in [-0.2, -0.15) is 0 Å². The molecule has 2 aliphatic carbocycles. The summed E-state index contributed by atoms with van der Waals surface area (Å²) in [6.45, 7) is 18.2. The summed E-state index contributed by atoms with van der Waals surface area (Å²) in [6.07, 6.45) is 1.05. The van der Waals surface area contributed by atoms with Crippen molar-refractivity contribution in [2.24, 2.45) is 0 Å². The molecule has 4 aromatic carbocycles. The summed E-state index contributed by atoms with van der Waals surface area (Å²) in [7, 11) is 0. The van der Waals surface area contributed by atoms with E-state index < -0.39 is 10.8 Å². The fraction of sp³-hybridized carbons (Fsp3) is 0.264. The predicted octanol–water partition coefficient (Wildman–Crippen LogP) is 16.9. The maximum atomic E-state index is 12.7. The van der Waals surface area contributed by atoms with Crippen molar-refractivity contribution in [3.05, 3.63) is 185 Å². The monoisotopic (exact) mass is 906 g/mol. The standard InChI is InChI=1S/C53H47BrOS4/c1-28(2)32-9-17-36(18-10-32)52(37-19-11-33(12-20-37)29(3)4)41-25-40(27-55)56-46(41)48-44(52)50-51(58-48)45-49(59-50)47-42(26-43(54)57-47)53(45,38-21-13-34(14-22-38)30(5)6)39-23-15-35(16-24-39)31(7)8/h9-31H,1-8H3. The lowest BCUT2D eigenvalue weighted by Gasteiger charge is -2.34. The minimum Gasteiger partial charge on any atom is -0.297 e. The van der Waals surface area contributed by atoms with Crippen LogP contribution in [0.3, 0.4) is 0 Å². The average molecular weight is 908 g/mol. The van der Waals surface area contributed by atoms with Gasteiger partial charge >= 0.3 is 0 Å². The summed E-state index contributed by atoms with van der Waals surface area (Å²) in [5, 5.41) is 0. The molecule has 0 spiro atoms. The van der Waals surface area contributed by atoms with Crippen molar-refractivity contribution in [3.8, 4) is 19.5 Å². The summed E-state index contributed by atoms with van der Waals surface area (Å²) in [5.41, 5.74) is 14.7. The topological polar surface area (TPSA) is 17.1 Å². The zero-order valence-corrected chi connectivity index (χ0v) is 39.6. The molecule has 0 aliphatic heterocycles. The second-order valence-corrected chi connectivity index (χ2v) is 23.2. The molecule has 0 fully saturated rings. The van der Waals surface area contributed by atoms with E-state index in [2.05, 4.69) is 181 Å². The number of carbonyl (C=O) groups is 1. The fourth-order valence-electron chi connectivity index (χ4n) is 9.93. The summed E-state index contributed by atoms with van der Waals surface area (Å²) in [5.74, 6) is 1.73. The van der Waals surface area contributed by atoms with Crippen LogP contribution in [-0.2, 0) is 10.8 Å². The Labute approximate surface area is 373 Å². The lowest BCUT2D eigenvalue weighted by atomic mass is 9.67. The summed E-state index contributed by atoms with van der Waals surface area (Å²) in [6, 6.07) is 42.5. The predicted molar refractivity (Wildman–Crippen MR) is 260 cm³/mol. The molecule has 6 heteroatoms. The van der Waals surface area contributed by atoms with Gasteiger partial charge in [-0.1, -0.05) is 152 Å². The van der Waals surface area contributed by atoms with Gasteiger partial charge in [0.25, 0.3) is 0 Å². The van der Waals surface area contributed by atoms with Gasteiger partial charge in [-0.3, -0.25) is 4.79 Å². The van der Waals surface area contributed by atoms with Crippen LogP contribution in [0.5, 0.6) is 0 Å². The molecule has 4 heterocycles. The van der Waals surface area contributed by atoms with Gasteiger partial charge in [0.1, 0.15) is 0 Å². The Kier molecular flexibility index (Phi) is 9.54. The molecule has 4 aromatic heterocycles. The van der Waals surface area contributed by atoms with E-state index in [1.165, 1.54) is 95.7 Å². The van der Waals surface area contributed by atoms with E-state index in [0.717, 1.165) is 14.9 Å². The van der Waals surface area contributed by atoms with Crippen LogP contribution in [0.15, 0.2) is 113 Å². The molecule has 0 N–H and O–H groups in total. The lowest BCUT2D eigenvalue weighted by molar-refractivity contribution is 0.112. The zero-order valence-electron chi connectivity index (χ0n) is 34.7. The summed E-state index contributed by atoms with van der Waals surface area (Å²) >= 11 is 11.5. The fourth-order valence-corrected chi connectivity index (χ4v) is 16.0. The van der Waals surface area contributed by atoms with Crippen molar-refractivity contribution < 1.29 is 4.79 Å². The van der Waals surface area contributed by atoms with Gasteiger partial charge in [0, 0.05) is 11.1 Å². The van der Waals surface area contributed by atoms with Gasteiger partial charge in [-0.15, -0.1) is 45.3 Å². The second-order valence-electron chi connectivity index (χ2n) is 17.7. The third kappa shape index (κ3) is 5.59. The molecular weight excluding hydrogens is 861 g/mol. The van der Waals surface area contributed by atoms with Crippen molar-refractivity contribution in [2.45, 2.75) is 89.9 Å². The summed E-state index contributed by atoms with van der Waals surface area (Å²) < 4.78 is 3.89. The first-order chi connectivity index (χ1) is 28.4. The van der Waals surface area contributed by atoms with Crippen LogP contribution in [0.25, 0.3) is 28.9 Å². The molecule has 0 atom stereocenters. The van der Waals surface area contributed by atoms with Crippen LogP contribution in [-0.4, -0.2) is 6.29 Å². The van der Waals surface area contributed by atoms with E-state index in [1.807, 2.05) is 34.0 Å². The van der Waals surface area contributed by atoms with Gasteiger partial charge in [-0.05, 0) is 107 Å². The highest BCUT2D eigenvalue weighted by molar-refractivity contribution is 9.11. The normalized spacial score (nSPS) is 14.8. The van der Waals surface area contributed by atoms with Crippen LogP contribution < -0.4 is 0 Å². The highest BCUT2D eigenvalue weighted by Gasteiger charge is 2.55. The molecule has 0 saturated carbocycles. The average Bonchev–Trinajstić information content (AvgIpc) is 4.07. The van der Waals surface area contributed by atoms with Crippen molar-refractivity contribution >= 4 is 77.0 Å². The van der Waals surface area contributed by atoms with E-state index in [1.54, 1.807) is 11.3 Å². The minimum absolute atomic E-state index is 0.424. The maximum absolute atomic E-state index is 12.7. The number of rotatable bonds is 9. The molecule has 0 amide bonds. The number of hydrogen-bond acceptors (Lipinski definition) is 5. The Bertz CT molecular complexity index is 2790. The number of carbonyl (C=O) groups excluding carboxylic acids is 1. The van der Waals surface area contributed by atoms with Crippen LogP contribution in [0.4, 0.5) is 0 Å². The molecule has 296 valence electrons. The molecule has 10 rings (SSSR count). The molecule has 2 aliphatic rings. The Morgan fingerprint density at radius 2 is 0.763 bits per heavy atom. The third-order valence-corrected chi connectivity index (χ3v) is 18.7. The van der Waals surface area contributed by atoms with Gasteiger partial charge in [0.05, 0.1) is 48.4 Å². The van der Waals surface area contributed by atoms with Crippen molar-refractivity contribution in [1.29, 1.82) is 0 Å². The van der Waals surface area contributed by atoms with E-state index in [-0.39, 0.29) is 0 Å². The molecule has 0 radical (unpaired) electrons. The number of fused-ring (bicyclic) bond motifs is 9. The molecule has 8 aromatic rings. The molecule has 0 saturated heterocycles. The number of benzene rings is 4. The molecule has 59 heavy (non-hydrogen) atoms. The lowest BCUT2D eigenvalue weighted by Crippen LogP contribution is -2.29. The first kappa shape index (κ1) is 39.2. The van der Waals surface area contributed by atoms with Gasteiger partial charge in [-0.25, -0.2) is 0 Å². The zero-order chi connectivity index (χ0) is 41.1. The van der Waals surface area contributed by atoms with E-state index in [9.17, 15) is 4.79 Å². The van der Waals surface area contributed by atoms with Crippen molar-refractivity contribution in [1.82, 2.24) is 0 Å². The SMILES string of the molecule is CC(C)c1ccc(C2(c3ccc(C(C)C)cc3)c3cc(Br)sc3-c3sc4c5c(sc4c32)-c2sc(C=O)cc2C5(c2ccc(C(C)C)cc2)c2ccc(C(C)C)cc2)cc1. The molecule has 1 nitrogen and oxygen atoms in total. The number of hydrogen-bond donors (Lipinski definition) is 0. The minimum atomic E-state index is -0.594. The highest BCUT2D eigenvalue weighted by Crippen LogP contribution is 2.70. The third-order valence-electron chi connectivity index (χ3n) is 13.1. The Balaban J connectivity index is 1.34. The smallest absolute Gasteiger partial charge is 0.160 e. The van der Waals surface area contributed by atoms with Crippen LogP contribution in [0.2, 0.25) is 0 Å². The van der Waals surface area contributed by atoms with Crippen molar-refractivity contribution in [2.75, 3.05) is 0 Å². The van der Waals surface area contributed by atoms with E-state index in [4.69, 9.17) is 0 Å². The molecule has 0 unspecified atom stereocenters. The first-order valence-corrected chi connectivity index (χ1v) is 24.9. The van der Waals surface area contributed by atoms with Gasteiger partial charge in [0.2, 0.25) is 0 Å².